The van der Waals surface area contributed by atoms with E-state index in [2.05, 4.69) is 61.1 Å². The Kier molecular flexibility index (Phi) is 6.27. The molecule has 21 heavy (non-hydrogen) atoms. The first-order valence-electron chi connectivity index (χ1n) is 8.10. The zero-order valence-electron chi connectivity index (χ0n) is 13.6. The molecule has 3 nitrogen and oxygen atoms in total. The second-order valence-corrected chi connectivity index (χ2v) is 5.87. The number of hydrogen-bond acceptors (Lipinski definition) is 2. The van der Waals surface area contributed by atoms with Gasteiger partial charge in [0.1, 0.15) is 0 Å². The molecule has 3 heteroatoms. The van der Waals surface area contributed by atoms with Crippen LogP contribution in [0.1, 0.15) is 39.2 Å². The molecule has 0 spiro atoms. The van der Waals surface area contributed by atoms with Crippen LogP contribution < -0.4 is 5.32 Å². The first kappa shape index (κ1) is 16.1. The Morgan fingerprint density at radius 2 is 2.05 bits per heavy atom. The first-order chi connectivity index (χ1) is 10.2. The molecule has 0 fully saturated rings. The van der Waals surface area contributed by atoms with E-state index in [9.17, 15) is 0 Å². The lowest BCUT2D eigenvalue weighted by atomic mass is 10.1. The second kappa shape index (κ2) is 8.20. The highest BCUT2D eigenvalue weighted by atomic mass is 16.5. The van der Waals surface area contributed by atoms with Gasteiger partial charge in [-0.25, -0.2) is 0 Å². The highest BCUT2D eigenvalue weighted by molar-refractivity contribution is 5.83. The number of hydrogen-bond donors (Lipinski definition) is 1. The van der Waals surface area contributed by atoms with Gasteiger partial charge in [0, 0.05) is 31.9 Å². The van der Waals surface area contributed by atoms with Crippen molar-refractivity contribution in [2.45, 2.75) is 52.7 Å². The Morgan fingerprint density at radius 1 is 1.19 bits per heavy atom. The maximum Gasteiger partial charge on any atom is 0.0645 e. The van der Waals surface area contributed by atoms with Crippen LogP contribution in [0.15, 0.2) is 30.5 Å². The minimum Gasteiger partial charge on any atom is -0.380 e. The maximum absolute atomic E-state index is 5.70. The van der Waals surface area contributed by atoms with E-state index in [1.54, 1.807) is 0 Å². The van der Waals surface area contributed by atoms with E-state index in [1.807, 2.05) is 0 Å². The predicted molar refractivity (Wildman–Crippen MR) is 89.6 cm³/mol. The molecular formula is C18H28N2O. The van der Waals surface area contributed by atoms with Crippen LogP contribution in [0.2, 0.25) is 0 Å². The molecule has 2 aromatic rings. The van der Waals surface area contributed by atoms with Crippen molar-refractivity contribution in [2.24, 2.45) is 0 Å². The van der Waals surface area contributed by atoms with Crippen molar-refractivity contribution >= 4 is 10.9 Å². The molecule has 1 aromatic heterocycles. The molecule has 0 bridgehead atoms. The average molecular weight is 288 g/mol. The summed E-state index contributed by atoms with van der Waals surface area (Å²) in [6, 6.07) is 9.23. The zero-order valence-corrected chi connectivity index (χ0v) is 13.6. The highest BCUT2D eigenvalue weighted by Gasteiger charge is 2.07. The molecular weight excluding hydrogens is 260 g/mol. The van der Waals surface area contributed by atoms with E-state index in [4.69, 9.17) is 4.74 Å². The topological polar surface area (TPSA) is 26.2 Å². The molecule has 0 aliphatic rings. The van der Waals surface area contributed by atoms with Gasteiger partial charge in [0.2, 0.25) is 0 Å². The number of rotatable bonds is 9. The predicted octanol–water partition coefficient (Wildman–Crippen LogP) is 3.96. The van der Waals surface area contributed by atoms with Crippen LogP contribution in [-0.4, -0.2) is 23.8 Å². The summed E-state index contributed by atoms with van der Waals surface area (Å²) in [6.45, 7) is 10.0. The number of para-hydroxylation sites is 1. The first-order valence-corrected chi connectivity index (χ1v) is 8.10. The molecule has 0 saturated carbocycles. The maximum atomic E-state index is 5.70. The Balaban J connectivity index is 2.05. The van der Waals surface area contributed by atoms with Crippen molar-refractivity contribution < 1.29 is 4.74 Å². The Bertz CT molecular complexity index is 545. The van der Waals surface area contributed by atoms with Crippen molar-refractivity contribution in [1.29, 1.82) is 0 Å². The van der Waals surface area contributed by atoms with Crippen molar-refractivity contribution in [3.05, 3.63) is 36.0 Å². The van der Waals surface area contributed by atoms with E-state index in [-0.39, 0.29) is 0 Å². The largest absolute Gasteiger partial charge is 0.380 e. The van der Waals surface area contributed by atoms with Crippen LogP contribution in [-0.2, 0) is 17.8 Å². The van der Waals surface area contributed by atoms with E-state index in [0.717, 1.165) is 32.7 Å². The van der Waals surface area contributed by atoms with E-state index >= 15 is 0 Å². The quantitative estimate of drug-likeness (QED) is 0.707. The fourth-order valence-electron chi connectivity index (χ4n) is 2.50. The van der Waals surface area contributed by atoms with Gasteiger partial charge in [-0.05, 0) is 23.4 Å². The van der Waals surface area contributed by atoms with Crippen molar-refractivity contribution in [1.82, 2.24) is 9.88 Å². The van der Waals surface area contributed by atoms with Gasteiger partial charge in [0.05, 0.1) is 12.1 Å². The standard InChI is InChI=1S/C18H28N2O/c1-4-5-12-21-13-11-20-10-9-16-7-6-8-17(18(16)20)14-19-15(2)3/h6-10,15,19H,4-5,11-14H2,1-3H3. The average Bonchev–Trinajstić information content (AvgIpc) is 2.89. The minimum absolute atomic E-state index is 0.501. The van der Waals surface area contributed by atoms with E-state index < -0.39 is 0 Å². The number of nitrogens with zero attached hydrogens (tertiary/aromatic N) is 1. The number of ether oxygens (including phenoxy) is 1. The van der Waals surface area contributed by atoms with Gasteiger partial charge in [0.15, 0.2) is 0 Å². The fraction of sp³-hybridized carbons (Fsp3) is 0.556. The Morgan fingerprint density at radius 3 is 2.81 bits per heavy atom. The molecule has 0 aliphatic carbocycles. The van der Waals surface area contributed by atoms with E-state index in [0.29, 0.717) is 6.04 Å². The van der Waals surface area contributed by atoms with Crippen molar-refractivity contribution in [2.75, 3.05) is 13.2 Å². The van der Waals surface area contributed by atoms with Crippen molar-refractivity contribution in [3.8, 4) is 0 Å². The summed E-state index contributed by atoms with van der Waals surface area (Å²) < 4.78 is 8.02. The van der Waals surface area contributed by atoms with Crippen LogP contribution in [0.25, 0.3) is 10.9 Å². The van der Waals surface area contributed by atoms with Gasteiger partial charge in [-0.15, -0.1) is 0 Å². The van der Waals surface area contributed by atoms with Gasteiger partial charge < -0.3 is 14.6 Å². The summed E-state index contributed by atoms with van der Waals surface area (Å²) in [5.74, 6) is 0. The summed E-state index contributed by atoms with van der Waals surface area (Å²) in [6.07, 6.45) is 4.51. The molecule has 0 atom stereocenters. The molecule has 0 amide bonds. The monoisotopic (exact) mass is 288 g/mol. The molecule has 0 unspecified atom stereocenters. The molecule has 0 saturated heterocycles. The minimum atomic E-state index is 0.501. The van der Waals surface area contributed by atoms with Gasteiger partial charge >= 0.3 is 0 Å². The van der Waals surface area contributed by atoms with Crippen molar-refractivity contribution in [3.63, 3.8) is 0 Å². The molecule has 1 heterocycles. The fourth-order valence-corrected chi connectivity index (χ4v) is 2.50. The van der Waals surface area contributed by atoms with Gasteiger partial charge in [-0.1, -0.05) is 45.4 Å². The molecule has 116 valence electrons. The number of aromatic nitrogens is 1. The summed E-state index contributed by atoms with van der Waals surface area (Å²) in [5, 5.41) is 4.82. The summed E-state index contributed by atoms with van der Waals surface area (Å²) in [5.41, 5.74) is 2.70. The van der Waals surface area contributed by atoms with Gasteiger partial charge in [0.25, 0.3) is 0 Å². The lowest BCUT2D eigenvalue weighted by Gasteiger charge is -2.12. The third-order valence-electron chi connectivity index (χ3n) is 3.69. The summed E-state index contributed by atoms with van der Waals surface area (Å²) >= 11 is 0. The number of nitrogens with one attached hydrogen (secondary N) is 1. The number of fused-ring (bicyclic) bond motifs is 1. The normalized spacial score (nSPS) is 11.6. The lowest BCUT2D eigenvalue weighted by Crippen LogP contribution is -2.22. The highest BCUT2D eigenvalue weighted by Crippen LogP contribution is 2.20. The summed E-state index contributed by atoms with van der Waals surface area (Å²) in [7, 11) is 0. The smallest absolute Gasteiger partial charge is 0.0645 e. The van der Waals surface area contributed by atoms with Gasteiger partial charge in [-0.2, -0.15) is 0 Å². The molecule has 0 aliphatic heterocycles. The van der Waals surface area contributed by atoms with Crippen LogP contribution in [0.3, 0.4) is 0 Å². The summed E-state index contributed by atoms with van der Waals surface area (Å²) in [4.78, 5) is 0. The van der Waals surface area contributed by atoms with Crippen LogP contribution in [0.5, 0.6) is 0 Å². The lowest BCUT2D eigenvalue weighted by molar-refractivity contribution is 0.124. The Labute approximate surface area is 128 Å². The zero-order chi connectivity index (χ0) is 15.1. The van der Waals surface area contributed by atoms with E-state index in [1.165, 1.54) is 22.9 Å². The molecule has 0 radical (unpaired) electrons. The molecule has 1 aromatic carbocycles. The SMILES string of the molecule is CCCCOCCn1ccc2cccc(CNC(C)C)c21. The number of unbranched alkanes of at least 4 members (excludes halogenated alkanes) is 1. The third-order valence-corrected chi connectivity index (χ3v) is 3.69. The van der Waals surface area contributed by atoms with Crippen LogP contribution in [0, 0.1) is 0 Å². The van der Waals surface area contributed by atoms with Gasteiger partial charge in [-0.3, -0.25) is 0 Å². The third kappa shape index (κ3) is 4.58. The van der Waals surface area contributed by atoms with Crippen LogP contribution >= 0.6 is 0 Å². The Hall–Kier alpha value is -1.32. The van der Waals surface area contributed by atoms with Crippen LogP contribution in [0.4, 0.5) is 0 Å². The molecule has 2 rings (SSSR count). The molecule has 1 N–H and O–H groups in total. The second-order valence-electron chi connectivity index (χ2n) is 5.87. The number of benzene rings is 1.